The maximum absolute atomic E-state index is 12.0. The van der Waals surface area contributed by atoms with Crippen molar-refractivity contribution < 1.29 is 14.4 Å². The summed E-state index contributed by atoms with van der Waals surface area (Å²) in [5.41, 5.74) is 13.8. The van der Waals surface area contributed by atoms with E-state index in [1.54, 1.807) is 13.2 Å². The molecule has 6 nitrogen and oxygen atoms in total. The van der Waals surface area contributed by atoms with Crippen LogP contribution < -0.4 is 5.73 Å². The lowest BCUT2D eigenvalue weighted by Gasteiger charge is -2.20. The minimum absolute atomic E-state index is 0.0404. The summed E-state index contributed by atoms with van der Waals surface area (Å²) < 4.78 is 10.5. The normalized spacial score (nSPS) is 12.8. The van der Waals surface area contributed by atoms with Crippen molar-refractivity contribution in [1.82, 2.24) is 0 Å². The van der Waals surface area contributed by atoms with E-state index in [0.717, 1.165) is 38.9 Å². The Kier molecular flexibility index (Phi) is 8.23. The molecule has 0 heterocycles. The van der Waals surface area contributed by atoms with Gasteiger partial charge in [-0.25, -0.2) is 0 Å². The lowest BCUT2D eigenvalue weighted by molar-refractivity contribution is -0.532. The van der Waals surface area contributed by atoms with Crippen molar-refractivity contribution in [3.63, 3.8) is 0 Å². The van der Waals surface area contributed by atoms with E-state index in [1.807, 2.05) is 54.6 Å². The number of hydrogen-bond acceptors (Lipinski definition) is 5. The van der Waals surface area contributed by atoms with Gasteiger partial charge in [0, 0.05) is 24.7 Å². The second-order valence-corrected chi connectivity index (χ2v) is 8.67. The Hall–Kier alpha value is -3.84. The van der Waals surface area contributed by atoms with Gasteiger partial charge in [-0.2, -0.15) is 0 Å². The number of nitrogens with two attached hydrogens (primary N) is 1. The summed E-state index contributed by atoms with van der Waals surface area (Å²) in [6, 6.07) is 30.7. The Morgan fingerprint density at radius 2 is 1.25 bits per heavy atom. The summed E-state index contributed by atoms with van der Waals surface area (Å²) in [7, 11) is 3.06. The molecule has 4 rings (SSSR count). The Balaban J connectivity index is 2.03. The van der Waals surface area contributed by atoms with Gasteiger partial charge in [-0.15, -0.1) is 0 Å². The lowest BCUT2D eigenvalue weighted by atomic mass is 9.85. The topological polar surface area (TPSA) is 87.6 Å². The molecule has 0 spiro atoms. The van der Waals surface area contributed by atoms with E-state index in [0.29, 0.717) is 12.2 Å². The van der Waals surface area contributed by atoms with Crippen LogP contribution in [0.1, 0.15) is 23.2 Å². The van der Waals surface area contributed by atoms with Crippen molar-refractivity contribution in [1.29, 1.82) is 0 Å². The van der Waals surface area contributed by atoms with Crippen LogP contribution in [-0.4, -0.2) is 32.4 Å². The maximum atomic E-state index is 12.0. The van der Waals surface area contributed by atoms with Crippen LogP contribution in [0.3, 0.4) is 0 Å². The standard InChI is InChI=1S/C30H30N2O4/c1-35-19-28(31)23-16-24(29(20-36-2)32(33)34)18-25(17-23)30-26(21-10-5-3-6-11-21)14-9-15-27(30)22-12-7-4-8-13-22/h3-18,28-29H,19-20,31H2,1-2H3. The van der Waals surface area contributed by atoms with Gasteiger partial charge in [0.2, 0.25) is 0 Å². The van der Waals surface area contributed by atoms with Crippen molar-refractivity contribution in [2.24, 2.45) is 5.73 Å². The van der Waals surface area contributed by atoms with Crippen molar-refractivity contribution >= 4 is 0 Å². The predicted octanol–water partition coefficient (Wildman–Crippen LogP) is 6.30. The van der Waals surface area contributed by atoms with Gasteiger partial charge < -0.3 is 15.2 Å². The van der Waals surface area contributed by atoms with Crippen molar-refractivity contribution in [2.45, 2.75) is 12.1 Å². The van der Waals surface area contributed by atoms with E-state index in [2.05, 4.69) is 36.4 Å². The Morgan fingerprint density at radius 1 is 0.722 bits per heavy atom. The van der Waals surface area contributed by atoms with Gasteiger partial charge >= 0.3 is 0 Å². The van der Waals surface area contributed by atoms with Gasteiger partial charge in [0.25, 0.3) is 6.04 Å². The molecule has 4 aromatic carbocycles. The number of rotatable bonds is 10. The minimum atomic E-state index is -1.02. The third-order valence-electron chi connectivity index (χ3n) is 6.24. The van der Waals surface area contributed by atoms with Crippen LogP contribution in [0.15, 0.2) is 97.1 Å². The molecule has 0 radical (unpaired) electrons. The molecule has 2 unspecified atom stereocenters. The van der Waals surface area contributed by atoms with Crippen LogP contribution in [0.25, 0.3) is 33.4 Å². The largest absolute Gasteiger partial charge is 0.383 e. The van der Waals surface area contributed by atoms with Crippen molar-refractivity contribution in [3.05, 3.63) is 118 Å². The monoisotopic (exact) mass is 482 g/mol. The van der Waals surface area contributed by atoms with Crippen LogP contribution >= 0.6 is 0 Å². The molecule has 0 saturated carbocycles. The quantitative estimate of drug-likeness (QED) is 0.212. The summed E-state index contributed by atoms with van der Waals surface area (Å²) in [5.74, 6) is 0. The highest BCUT2D eigenvalue weighted by Gasteiger charge is 2.26. The molecule has 0 amide bonds. The van der Waals surface area contributed by atoms with E-state index in [9.17, 15) is 10.1 Å². The highest BCUT2D eigenvalue weighted by Crippen LogP contribution is 2.41. The molecule has 0 aliphatic rings. The zero-order valence-electron chi connectivity index (χ0n) is 20.5. The van der Waals surface area contributed by atoms with Gasteiger partial charge in [0.15, 0.2) is 0 Å². The average molecular weight is 483 g/mol. The van der Waals surface area contributed by atoms with Gasteiger partial charge in [-0.05, 0) is 57.1 Å². The smallest absolute Gasteiger partial charge is 0.261 e. The molecule has 0 fully saturated rings. The second kappa shape index (κ2) is 11.7. The Bertz CT molecular complexity index is 1250. The zero-order valence-corrected chi connectivity index (χ0v) is 20.5. The number of nitro groups is 1. The summed E-state index contributed by atoms with van der Waals surface area (Å²) >= 11 is 0. The molecular weight excluding hydrogens is 452 g/mol. The van der Waals surface area contributed by atoms with E-state index in [-0.39, 0.29) is 11.5 Å². The molecule has 4 aromatic rings. The van der Waals surface area contributed by atoms with Crippen LogP contribution in [0, 0.1) is 10.1 Å². The molecule has 0 aliphatic carbocycles. The van der Waals surface area contributed by atoms with Gasteiger partial charge in [-0.1, -0.05) is 78.9 Å². The van der Waals surface area contributed by atoms with E-state index < -0.39 is 12.1 Å². The summed E-state index contributed by atoms with van der Waals surface area (Å²) in [6.45, 7) is 0.253. The van der Waals surface area contributed by atoms with Crippen LogP contribution in [0.5, 0.6) is 0 Å². The SMILES string of the molecule is COCC(N)c1cc(-c2c(-c3ccccc3)cccc2-c2ccccc2)cc(C(COC)[N+](=O)[O-])c1. The third kappa shape index (κ3) is 5.52. The number of methoxy groups -OCH3 is 2. The fraction of sp³-hybridized carbons (Fsp3) is 0.200. The molecule has 2 N–H and O–H groups in total. The van der Waals surface area contributed by atoms with Gasteiger partial charge in [0.05, 0.1) is 12.6 Å². The molecule has 0 aromatic heterocycles. The minimum Gasteiger partial charge on any atom is -0.383 e. The fourth-order valence-electron chi connectivity index (χ4n) is 4.52. The molecule has 36 heavy (non-hydrogen) atoms. The Labute approximate surface area is 211 Å². The molecule has 2 atom stereocenters. The number of benzene rings is 4. The lowest BCUT2D eigenvalue weighted by Crippen LogP contribution is -2.19. The Morgan fingerprint density at radius 3 is 1.75 bits per heavy atom. The van der Waals surface area contributed by atoms with Gasteiger partial charge in [-0.3, -0.25) is 10.1 Å². The number of hydrogen-bond donors (Lipinski definition) is 1. The summed E-state index contributed by atoms with van der Waals surface area (Å²) in [6.07, 6.45) is 0. The fourth-order valence-corrected chi connectivity index (χ4v) is 4.52. The van der Waals surface area contributed by atoms with Crippen molar-refractivity contribution in [3.8, 4) is 33.4 Å². The molecule has 184 valence electrons. The molecule has 0 bridgehead atoms. The zero-order chi connectivity index (χ0) is 25.5. The number of nitrogens with zero attached hydrogens (tertiary/aromatic N) is 1. The molecule has 0 aliphatic heterocycles. The summed E-state index contributed by atoms with van der Waals surface area (Å²) in [4.78, 5) is 11.7. The molecule has 0 saturated heterocycles. The highest BCUT2D eigenvalue weighted by atomic mass is 16.6. The average Bonchev–Trinajstić information content (AvgIpc) is 2.92. The first-order chi connectivity index (χ1) is 17.5. The van der Waals surface area contributed by atoms with E-state index in [4.69, 9.17) is 15.2 Å². The first-order valence-electron chi connectivity index (χ1n) is 11.8. The second-order valence-electron chi connectivity index (χ2n) is 8.67. The maximum Gasteiger partial charge on any atom is 0.261 e. The van der Waals surface area contributed by atoms with Crippen LogP contribution in [0.4, 0.5) is 0 Å². The first kappa shape index (κ1) is 25.3. The highest BCUT2D eigenvalue weighted by molar-refractivity contribution is 5.94. The van der Waals surface area contributed by atoms with Crippen molar-refractivity contribution in [2.75, 3.05) is 27.4 Å². The third-order valence-corrected chi connectivity index (χ3v) is 6.24. The van der Waals surface area contributed by atoms with E-state index >= 15 is 0 Å². The van der Waals surface area contributed by atoms with E-state index in [1.165, 1.54) is 7.11 Å². The van der Waals surface area contributed by atoms with Gasteiger partial charge in [0.1, 0.15) is 6.61 Å². The van der Waals surface area contributed by atoms with Crippen LogP contribution in [0.2, 0.25) is 0 Å². The first-order valence-corrected chi connectivity index (χ1v) is 11.8. The summed E-state index contributed by atoms with van der Waals surface area (Å²) in [5, 5.41) is 12.0. The number of ether oxygens (including phenoxy) is 2. The molecule has 6 heteroatoms. The molecular formula is C30H30N2O4. The predicted molar refractivity (Wildman–Crippen MR) is 143 cm³/mol. The van der Waals surface area contributed by atoms with Crippen LogP contribution in [-0.2, 0) is 9.47 Å².